The Morgan fingerprint density at radius 2 is 0.805 bits per heavy atom. The molecular formula is C62H78BrF9N12O3. The molecule has 3 saturated heterocycles. The number of aromatic nitrogens is 3. The smallest absolute Gasteiger partial charge is 0.351 e. The van der Waals surface area contributed by atoms with Gasteiger partial charge in [-0.1, -0.05) is 36.4 Å². The molecule has 3 aromatic heterocycles. The van der Waals surface area contributed by atoms with Gasteiger partial charge >= 0.3 is 36.6 Å². The maximum Gasteiger partial charge on any atom is 0.431 e. The highest BCUT2D eigenvalue weighted by Crippen LogP contribution is 2.50. The van der Waals surface area contributed by atoms with Crippen LogP contribution in [0.4, 0.5) is 53.9 Å². The normalized spacial score (nSPS) is 24.4. The van der Waals surface area contributed by atoms with Crippen molar-refractivity contribution in [3.8, 4) is 0 Å². The topological polar surface area (TPSA) is 154 Å². The average Bonchev–Trinajstić information content (AvgIpc) is 1.70. The summed E-state index contributed by atoms with van der Waals surface area (Å²) in [4.78, 5) is 56.8. The van der Waals surface area contributed by atoms with Crippen LogP contribution in [0.3, 0.4) is 0 Å². The zero-order valence-corrected chi connectivity index (χ0v) is 51.8. The minimum atomic E-state index is -4.50. The maximum atomic E-state index is 13.6. The number of H-pyrrole nitrogens is 3. The number of benzene rings is 3. The lowest BCUT2D eigenvalue weighted by Crippen LogP contribution is -2.57. The van der Waals surface area contributed by atoms with Crippen LogP contribution < -0.4 is 16.0 Å². The molecule has 0 bridgehead atoms. The number of fused-ring (bicyclic) bond motifs is 6. The monoisotopic (exact) mass is 1290 g/mol. The van der Waals surface area contributed by atoms with Crippen molar-refractivity contribution >= 4 is 66.7 Å². The zero-order valence-electron chi connectivity index (χ0n) is 50.2. The Bertz CT molecular complexity index is 3480. The summed E-state index contributed by atoms with van der Waals surface area (Å²) in [6, 6.07) is 16.4. The van der Waals surface area contributed by atoms with E-state index in [1.807, 2.05) is 56.7 Å². The summed E-state index contributed by atoms with van der Waals surface area (Å²) >= 11 is 3.71. The van der Waals surface area contributed by atoms with Crippen LogP contribution in [0.1, 0.15) is 116 Å². The second-order valence-electron chi connectivity index (χ2n) is 24.3. The molecular weight excluding hydrogens is 1210 g/mol. The van der Waals surface area contributed by atoms with Gasteiger partial charge in [-0.15, -0.1) is 0 Å². The minimum absolute atomic E-state index is 0.00777. The molecule has 6 aromatic rings. The molecule has 0 radical (unpaired) electrons. The first-order valence-electron chi connectivity index (χ1n) is 30.2. The van der Waals surface area contributed by atoms with Gasteiger partial charge < -0.3 is 60.3 Å². The van der Waals surface area contributed by atoms with E-state index in [1.54, 1.807) is 36.2 Å². The van der Waals surface area contributed by atoms with Crippen LogP contribution >= 0.6 is 15.9 Å². The second kappa shape index (κ2) is 25.0. The number of alkyl halides is 9. The number of likely N-dealkylation sites (N-methyl/N-ethyl adjacent to an activating group) is 3. The highest BCUT2D eigenvalue weighted by atomic mass is 79.9. The molecule has 3 aliphatic heterocycles. The standard InChI is InChI=1S/C21H24F6N4O.C21H27F3N4O.C20H27BrN4O/c1-3-31(10-20(22,23)24)19(32)28-11-7-13-12-5-4-6-15-17(12)14(8-16(13)30(2)9-11)18(29-15)21(25,26)27;1-4-28(5-2)20(29)25-12-9-14-13-7-6-8-16-18(13)15(10-17(14)27(3)11-12)19(26-16)21(22,23)24;1-4-25(5-2)20(26)22-12-9-14-13-7-6-8-16-18(13)15(19(21)23-16)10-17(14)24(3)11-12/h4-6,11,13,16,29H,3,7-10H2,1-2H3,(H,28,32);6-8,12,14,17,26H,4-5,9-11H2,1-3H3,(H,25,29);6-8,12,14,17,23H,4-5,9-11H2,1-3H3,(H,22,26)/t11-,13+,16+;2*12-,14+,17+/m000/s1. The molecule has 3 aromatic carbocycles. The van der Waals surface area contributed by atoms with Crippen molar-refractivity contribution in [1.29, 1.82) is 0 Å². The van der Waals surface area contributed by atoms with Crippen LogP contribution in [-0.2, 0) is 31.6 Å². The summed E-state index contributed by atoms with van der Waals surface area (Å²) in [7, 11) is 5.91. The van der Waals surface area contributed by atoms with Gasteiger partial charge in [-0.3, -0.25) is 0 Å². The van der Waals surface area contributed by atoms with Crippen LogP contribution in [0.15, 0.2) is 59.2 Å². The highest BCUT2D eigenvalue weighted by Gasteiger charge is 2.48. The Labute approximate surface area is 508 Å². The van der Waals surface area contributed by atoms with Gasteiger partial charge in [-0.05, 0) is 162 Å². The third-order valence-corrected chi connectivity index (χ3v) is 19.9. The van der Waals surface area contributed by atoms with Gasteiger partial charge in [-0.2, -0.15) is 39.5 Å². The van der Waals surface area contributed by atoms with Crippen molar-refractivity contribution in [3.63, 3.8) is 0 Å². The summed E-state index contributed by atoms with van der Waals surface area (Å²) in [6.07, 6.45) is -9.59. The zero-order chi connectivity index (χ0) is 62.8. The number of halogens is 10. The molecule has 3 fully saturated rings. The molecule has 9 atom stereocenters. The van der Waals surface area contributed by atoms with Gasteiger partial charge in [0.2, 0.25) is 0 Å². The van der Waals surface area contributed by atoms with Crippen molar-refractivity contribution in [2.45, 2.75) is 146 Å². The molecule has 6 N–H and O–H groups in total. The lowest BCUT2D eigenvalue weighted by molar-refractivity contribution is -0.142. The van der Waals surface area contributed by atoms with E-state index in [0.717, 1.165) is 54.6 Å². The summed E-state index contributed by atoms with van der Waals surface area (Å²) in [5.41, 5.74) is 5.99. The van der Waals surface area contributed by atoms with Crippen LogP contribution in [0.5, 0.6) is 0 Å². The molecule has 0 unspecified atom stereocenters. The number of rotatable bonds is 9. The summed E-state index contributed by atoms with van der Waals surface area (Å²) in [6.45, 7) is 12.6. The van der Waals surface area contributed by atoms with Crippen molar-refractivity contribution < 1.29 is 53.9 Å². The molecule has 6 amide bonds. The van der Waals surface area contributed by atoms with Gasteiger partial charge in [0, 0.05) is 139 Å². The number of hydrogen-bond donors (Lipinski definition) is 6. The summed E-state index contributed by atoms with van der Waals surface area (Å²) < 4.78 is 121. The van der Waals surface area contributed by atoms with Crippen molar-refractivity contribution in [3.05, 3.63) is 104 Å². The fraction of sp³-hybridized carbons (Fsp3) is 0.565. The van der Waals surface area contributed by atoms with Gasteiger partial charge in [0.1, 0.15) is 17.9 Å². The number of piperidine rings is 3. The fourth-order valence-corrected chi connectivity index (χ4v) is 15.8. The second-order valence-corrected chi connectivity index (χ2v) is 25.0. The minimum Gasteiger partial charge on any atom is -0.351 e. The third kappa shape index (κ3) is 12.7. The number of carbonyl (C=O) groups excluding carboxylic acids is 3. The maximum absolute atomic E-state index is 13.6. The number of urea groups is 3. The Morgan fingerprint density at radius 1 is 0.494 bits per heavy atom. The molecule has 0 spiro atoms. The van der Waals surface area contributed by atoms with Crippen molar-refractivity contribution in [1.82, 2.24) is 60.3 Å². The fourth-order valence-electron chi connectivity index (χ4n) is 15.2. The number of hydrogen-bond acceptors (Lipinski definition) is 6. The van der Waals surface area contributed by atoms with E-state index in [2.05, 4.69) is 81.9 Å². The Kier molecular flexibility index (Phi) is 18.3. The summed E-state index contributed by atoms with van der Waals surface area (Å²) in [5, 5.41) is 11.8. The lowest BCUT2D eigenvalue weighted by atomic mass is 9.73. The molecule has 6 aliphatic rings. The van der Waals surface area contributed by atoms with E-state index in [1.165, 1.54) is 29.0 Å². The van der Waals surface area contributed by atoms with E-state index in [0.29, 0.717) is 83.2 Å². The van der Waals surface area contributed by atoms with E-state index in [-0.39, 0.29) is 66.6 Å². The first kappa shape index (κ1) is 63.8. The molecule has 3 aliphatic carbocycles. The van der Waals surface area contributed by atoms with Crippen molar-refractivity contribution in [2.75, 3.05) is 80.0 Å². The number of nitrogens with zero attached hydrogens (tertiary/aromatic N) is 6. The van der Waals surface area contributed by atoms with Crippen LogP contribution in [0, 0.1) is 0 Å². The molecule has 15 nitrogen and oxygen atoms in total. The molecule has 87 heavy (non-hydrogen) atoms. The van der Waals surface area contributed by atoms with Crippen LogP contribution in [0.2, 0.25) is 0 Å². The Balaban J connectivity index is 0.000000145. The number of amides is 6. The predicted octanol–water partition coefficient (Wildman–Crippen LogP) is 12.1. The molecule has 12 rings (SSSR count). The van der Waals surface area contributed by atoms with Crippen LogP contribution in [0.25, 0.3) is 32.7 Å². The van der Waals surface area contributed by atoms with E-state index in [9.17, 15) is 53.9 Å². The van der Waals surface area contributed by atoms with Crippen LogP contribution in [-0.4, -0.2) is 185 Å². The molecule has 0 saturated carbocycles. The lowest BCUT2D eigenvalue weighted by Gasteiger charge is -2.46. The van der Waals surface area contributed by atoms with Gasteiger partial charge in [-0.25, -0.2) is 14.4 Å². The summed E-state index contributed by atoms with van der Waals surface area (Å²) in [5.74, 6) is 0.392. The number of likely N-dealkylation sites (tertiary alicyclic amines) is 3. The third-order valence-electron chi connectivity index (χ3n) is 19.2. The largest absolute Gasteiger partial charge is 0.431 e. The average molecular weight is 1290 g/mol. The Morgan fingerprint density at radius 3 is 1.13 bits per heavy atom. The van der Waals surface area contributed by atoms with E-state index < -0.39 is 48.5 Å². The van der Waals surface area contributed by atoms with Crippen molar-refractivity contribution in [2.24, 2.45) is 0 Å². The number of carbonyl (C=O) groups is 3. The molecule has 474 valence electrons. The van der Waals surface area contributed by atoms with E-state index in [4.69, 9.17) is 0 Å². The quantitative estimate of drug-likeness (QED) is 0.0793. The first-order valence-corrected chi connectivity index (χ1v) is 31.0. The SMILES string of the molecule is CCN(CC(F)(F)F)C(=O)N[C@H]1C[C@@H]2c3cccc4[nH]c(C(F)(F)F)c(c34)C[C@H]2N(C)C1.CCN(CC)C(=O)N[C@H]1C[C@@H]2c3cccc4[nH]c(Br)c(c34)C[C@H]2N(C)C1.CCN(CC)C(=O)N[C@H]1C[C@@H]2c3cccc4[nH]c(C(F)(F)F)c(c34)C[C@H]2N(C)C1. The highest BCUT2D eigenvalue weighted by molar-refractivity contribution is 9.10. The van der Waals surface area contributed by atoms with Gasteiger partial charge in [0.05, 0.1) is 4.60 Å². The molecule has 25 heteroatoms. The number of aromatic amines is 3. The van der Waals surface area contributed by atoms with E-state index >= 15 is 0 Å². The van der Waals surface area contributed by atoms with Gasteiger partial charge in [0.15, 0.2) is 0 Å². The first-order chi connectivity index (χ1) is 41.2. The Hall–Kier alpha value is -6.18. The predicted molar refractivity (Wildman–Crippen MR) is 321 cm³/mol. The van der Waals surface area contributed by atoms with Gasteiger partial charge in [0.25, 0.3) is 0 Å². The molecule has 6 heterocycles. The number of nitrogens with one attached hydrogen (secondary N) is 6.